The number of hydrogen-bond acceptors (Lipinski definition) is 6. The molecule has 0 saturated heterocycles. The number of imide groups is 1. The number of hydrogen-bond donors (Lipinski definition) is 2. The van der Waals surface area contributed by atoms with E-state index >= 15 is 0 Å². The number of esters is 1. The largest absolute Gasteiger partial charge is 0.454 e. The Kier molecular flexibility index (Phi) is 5.48. The standard InChI is InChI=1S/C18H26N2O6/c1-2-25-17(24)20-14(21)10-26-15(22)9-19-16(23)18-6-11-3-12(7-18)5-13(4-11)8-18/h11-13H,2-10H2,1H3,(H,19,23)(H,20,21,24). The minimum absolute atomic E-state index is 0.0653. The Balaban J connectivity index is 1.40. The van der Waals surface area contributed by atoms with Gasteiger partial charge < -0.3 is 14.8 Å². The number of nitrogens with one attached hydrogen (secondary N) is 2. The molecule has 4 bridgehead atoms. The predicted octanol–water partition coefficient (Wildman–Crippen LogP) is 1.13. The fraction of sp³-hybridized carbons (Fsp3) is 0.778. The first-order chi connectivity index (χ1) is 12.4. The Hall–Kier alpha value is -2.12. The fourth-order valence-corrected chi connectivity index (χ4v) is 5.24. The van der Waals surface area contributed by atoms with Gasteiger partial charge in [-0.05, 0) is 63.2 Å². The van der Waals surface area contributed by atoms with Crippen molar-refractivity contribution in [3.05, 3.63) is 0 Å². The van der Waals surface area contributed by atoms with Crippen LogP contribution in [0.25, 0.3) is 0 Å². The summed E-state index contributed by atoms with van der Waals surface area (Å²) < 4.78 is 9.33. The number of amides is 3. The van der Waals surface area contributed by atoms with E-state index in [1.54, 1.807) is 6.92 Å². The number of rotatable bonds is 6. The maximum Gasteiger partial charge on any atom is 0.413 e. The van der Waals surface area contributed by atoms with E-state index < -0.39 is 24.6 Å². The van der Waals surface area contributed by atoms with E-state index in [0.29, 0.717) is 17.8 Å². The third kappa shape index (κ3) is 4.16. The normalized spacial score (nSPS) is 31.2. The third-order valence-electron chi connectivity index (χ3n) is 5.79. The lowest BCUT2D eigenvalue weighted by Gasteiger charge is -2.55. The molecule has 0 radical (unpaired) electrons. The van der Waals surface area contributed by atoms with Crippen LogP contribution in [0.3, 0.4) is 0 Å². The molecule has 0 aliphatic heterocycles. The van der Waals surface area contributed by atoms with Gasteiger partial charge in [0.15, 0.2) is 6.61 Å². The van der Waals surface area contributed by atoms with Gasteiger partial charge in [-0.3, -0.25) is 19.7 Å². The second-order valence-electron chi connectivity index (χ2n) is 7.81. The molecule has 144 valence electrons. The van der Waals surface area contributed by atoms with Crippen LogP contribution in [-0.2, 0) is 23.9 Å². The number of alkyl carbamates (subject to hydrolysis) is 1. The van der Waals surface area contributed by atoms with Crippen LogP contribution in [-0.4, -0.2) is 43.6 Å². The van der Waals surface area contributed by atoms with E-state index in [2.05, 4.69) is 10.1 Å². The summed E-state index contributed by atoms with van der Waals surface area (Å²) in [5.41, 5.74) is -0.323. The average molecular weight is 366 g/mol. The van der Waals surface area contributed by atoms with Crippen LogP contribution in [0.4, 0.5) is 4.79 Å². The molecule has 2 N–H and O–H groups in total. The molecule has 4 aliphatic rings. The van der Waals surface area contributed by atoms with Gasteiger partial charge >= 0.3 is 12.1 Å². The van der Waals surface area contributed by atoms with E-state index in [-0.39, 0.29) is 24.5 Å². The van der Waals surface area contributed by atoms with Crippen LogP contribution >= 0.6 is 0 Å². The second kappa shape index (κ2) is 7.63. The van der Waals surface area contributed by atoms with Gasteiger partial charge in [0.1, 0.15) is 6.54 Å². The minimum atomic E-state index is -0.885. The van der Waals surface area contributed by atoms with Gasteiger partial charge in [-0.2, -0.15) is 0 Å². The smallest absolute Gasteiger partial charge is 0.413 e. The zero-order valence-electron chi connectivity index (χ0n) is 15.0. The lowest BCUT2D eigenvalue weighted by Crippen LogP contribution is -2.54. The first kappa shape index (κ1) is 18.7. The molecule has 0 aromatic carbocycles. The molecule has 8 heteroatoms. The van der Waals surface area contributed by atoms with Crippen molar-refractivity contribution in [3.63, 3.8) is 0 Å². The van der Waals surface area contributed by atoms with E-state index in [4.69, 9.17) is 4.74 Å². The van der Waals surface area contributed by atoms with Crippen LogP contribution in [0.2, 0.25) is 0 Å². The Morgan fingerprint density at radius 2 is 1.54 bits per heavy atom. The highest BCUT2D eigenvalue weighted by Gasteiger charge is 2.54. The highest BCUT2D eigenvalue weighted by atomic mass is 16.6. The molecule has 4 fully saturated rings. The number of ether oxygens (including phenoxy) is 2. The Bertz CT molecular complexity index is 567. The summed E-state index contributed by atoms with van der Waals surface area (Å²) in [6.45, 7) is 0.879. The number of carbonyl (C=O) groups is 4. The lowest BCUT2D eigenvalue weighted by molar-refractivity contribution is -0.152. The zero-order chi connectivity index (χ0) is 18.7. The van der Waals surface area contributed by atoms with Crippen LogP contribution in [0.1, 0.15) is 45.4 Å². The molecule has 3 amide bonds. The maximum atomic E-state index is 12.7. The molecule has 26 heavy (non-hydrogen) atoms. The summed E-state index contributed by atoms with van der Waals surface area (Å²) >= 11 is 0. The molecule has 0 spiro atoms. The van der Waals surface area contributed by atoms with Crippen molar-refractivity contribution in [2.75, 3.05) is 19.8 Å². The zero-order valence-corrected chi connectivity index (χ0v) is 15.0. The molecule has 4 aliphatic carbocycles. The Morgan fingerprint density at radius 3 is 2.08 bits per heavy atom. The van der Waals surface area contributed by atoms with E-state index in [9.17, 15) is 19.2 Å². The molecule has 4 rings (SSSR count). The summed E-state index contributed by atoms with van der Waals surface area (Å²) in [6, 6.07) is 0. The van der Waals surface area contributed by atoms with Gasteiger partial charge in [-0.1, -0.05) is 0 Å². The summed E-state index contributed by atoms with van der Waals surface area (Å²) in [4.78, 5) is 46.9. The van der Waals surface area contributed by atoms with E-state index in [1.807, 2.05) is 5.32 Å². The van der Waals surface area contributed by atoms with E-state index in [1.165, 1.54) is 19.3 Å². The third-order valence-corrected chi connectivity index (χ3v) is 5.79. The van der Waals surface area contributed by atoms with E-state index in [0.717, 1.165) is 19.3 Å². The van der Waals surface area contributed by atoms with Crippen LogP contribution in [0.15, 0.2) is 0 Å². The molecule has 4 saturated carbocycles. The van der Waals surface area contributed by atoms with Crippen molar-refractivity contribution >= 4 is 23.9 Å². The van der Waals surface area contributed by atoms with Gasteiger partial charge in [0, 0.05) is 5.41 Å². The van der Waals surface area contributed by atoms with Gasteiger partial charge in [0.05, 0.1) is 6.61 Å². The topological polar surface area (TPSA) is 111 Å². The van der Waals surface area contributed by atoms with Gasteiger partial charge in [0.25, 0.3) is 5.91 Å². The van der Waals surface area contributed by atoms with Gasteiger partial charge in [-0.25, -0.2) is 4.79 Å². The van der Waals surface area contributed by atoms with Crippen LogP contribution in [0.5, 0.6) is 0 Å². The summed E-state index contributed by atoms with van der Waals surface area (Å²) in [6.07, 6.45) is 5.59. The molecular formula is C18H26N2O6. The monoisotopic (exact) mass is 366 g/mol. The fourth-order valence-electron chi connectivity index (χ4n) is 5.24. The van der Waals surface area contributed by atoms with Gasteiger partial charge in [0.2, 0.25) is 5.91 Å². The lowest BCUT2D eigenvalue weighted by atomic mass is 9.49. The van der Waals surface area contributed by atoms with Gasteiger partial charge in [-0.15, -0.1) is 0 Å². The predicted molar refractivity (Wildman–Crippen MR) is 89.7 cm³/mol. The minimum Gasteiger partial charge on any atom is -0.454 e. The number of carbonyl (C=O) groups excluding carboxylic acids is 4. The SMILES string of the molecule is CCOC(=O)NC(=O)COC(=O)CNC(=O)C12CC3CC(CC(C3)C1)C2. The quantitative estimate of drug-likeness (QED) is 0.682. The van der Waals surface area contributed by atoms with Crippen LogP contribution in [0, 0.1) is 23.2 Å². The van der Waals surface area contributed by atoms with Crippen molar-refractivity contribution < 1.29 is 28.7 Å². The first-order valence-electron chi connectivity index (χ1n) is 9.30. The highest BCUT2D eigenvalue weighted by molar-refractivity contribution is 5.93. The molecule has 0 unspecified atom stereocenters. The van der Waals surface area contributed by atoms with Crippen molar-refractivity contribution in [2.45, 2.75) is 45.4 Å². The van der Waals surface area contributed by atoms with Crippen molar-refractivity contribution in [1.29, 1.82) is 0 Å². The molecule has 0 aromatic heterocycles. The molecule has 8 nitrogen and oxygen atoms in total. The first-order valence-corrected chi connectivity index (χ1v) is 9.30. The Labute approximate surface area is 152 Å². The average Bonchev–Trinajstić information content (AvgIpc) is 2.56. The summed E-state index contributed by atoms with van der Waals surface area (Å²) in [5.74, 6) is 0.386. The maximum absolute atomic E-state index is 12.7. The second-order valence-corrected chi connectivity index (χ2v) is 7.81. The molecule has 0 aromatic rings. The Morgan fingerprint density at radius 1 is 0.962 bits per heavy atom. The highest BCUT2D eigenvalue weighted by Crippen LogP contribution is 2.60. The van der Waals surface area contributed by atoms with Crippen molar-refractivity contribution in [1.82, 2.24) is 10.6 Å². The van der Waals surface area contributed by atoms with Crippen molar-refractivity contribution in [2.24, 2.45) is 23.2 Å². The van der Waals surface area contributed by atoms with Crippen LogP contribution < -0.4 is 10.6 Å². The molecule has 0 atom stereocenters. The summed E-state index contributed by atoms with van der Waals surface area (Å²) in [5, 5.41) is 4.61. The van der Waals surface area contributed by atoms with Crippen molar-refractivity contribution in [3.8, 4) is 0 Å². The summed E-state index contributed by atoms with van der Waals surface area (Å²) in [7, 11) is 0. The molecular weight excluding hydrogens is 340 g/mol. The molecule has 0 heterocycles.